The van der Waals surface area contributed by atoms with E-state index in [-0.39, 0.29) is 0 Å². The first-order valence-corrected chi connectivity index (χ1v) is 5.40. The molecule has 0 saturated heterocycles. The average Bonchev–Trinajstić information content (AvgIpc) is 2.54. The Morgan fingerprint density at radius 3 is 2.50 bits per heavy atom. The van der Waals surface area contributed by atoms with E-state index in [4.69, 9.17) is 0 Å². The van der Waals surface area contributed by atoms with Crippen LogP contribution in [-0.2, 0) is 0 Å². The van der Waals surface area contributed by atoms with Gasteiger partial charge in [-0.25, -0.2) is 0 Å². The number of rotatable bonds is 0. The zero-order valence-corrected chi connectivity index (χ0v) is 9.04. The van der Waals surface area contributed by atoms with Crippen molar-refractivity contribution in [3.05, 3.63) is 47.0 Å². The molecule has 0 saturated carbocycles. The third-order valence-corrected chi connectivity index (χ3v) is 4.10. The monoisotopic (exact) mass is 184 g/mol. The van der Waals surface area contributed by atoms with Crippen LogP contribution in [-0.4, -0.2) is 0 Å². The predicted octanol–water partition coefficient (Wildman–Crippen LogP) is 3.77. The lowest BCUT2D eigenvalue weighted by Gasteiger charge is -2.24. The maximum Gasteiger partial charge on any atom is 0.00838 e. The Hall–Kier alpha value is -1.04. The van der Waals surface area contributed by atoms with E-state index in [1.165, 1.54) is 5.56 Å². The van der Waals surface area contributed by atoms with Crippen LogP contribution in [0.4, 0.5) is 0 Å². The summed E-state index contributed by atoms with van der Waals surface area (Å²) in [6.45, 7) is 7.02. The second kappa shape index (κ2) is 2.31. The van der Waals surface area contributed by atoms with Crippen molar-refractivity contribution in [2.45, 2.75) is 32.6 Å². The van der Waals surface area contributed by atoms with Gasteiger partial charge >= 0.3 is 0 Å². The fraction of sp³-hybridized carbons (Fsp3) is 0.429. The standard InChI is InChI=1S/C14H16/c1-9-5-4-6-10-11-7-8-12(13(9)10)14(11,2)3/h4-8,11-12H,1-3H3/t11-,12+/m0/s1. The van der Waals surface area contributed by atoms with Crippen LogP contribution in [0.15, 0.2) is 30.4 Å². The van der Waals surface area contributed by atoms with Crippen LogP contribution in [0.2, 0.25) is 0 Å². The summed E-state index contributed by atoms with van der Waals surface area (Å²) in [5.41, 5.74) is 5.05. The molecule has 3 rings (SSSR count). The van der Waals surface area contributed by atoms with Crippen LogP contribution in [0.5, 0.6) is 0 Å². The van der Waals surface area contributed by atoms with Gasteiger partial charge in [0.2, 0.25) is 0 Å². The van der Waals surface area contributed by atoms with Gasteiger partial charge in [-0.1, -0.05) is 44.2 Å². The minimum Gasteiger partial charge on any atom is -0.0798 e. The minimum atomic E-state index is 0.411. The smallest absolute Gasteiger partial charge is 0.00838 e. The molecule has 0 nitrogen and oxygen atoms in total. The first-order chi connectivity index (χ1) is 6.62. The van der Waals surface area contributed by atoms with Gasteiger partial charge in [0.25, 0.3) is 0 Å². The quantitative estimate of drug-likeness (QED) is 0.538. The van der Waals surface area contributed by atoms with Crippen molar-refractivity contribution in [3.63, 3.8) is 0 Å². The van der Waals surface area contributed by atoms with E-state index in [1.807, 2.05) is 0 Å². The van der Waals surface area contributed by atoms with Crippen molar-refractivity contribution >= 4 is 0 Å². The third-order valence-electron chi connectivity index (χ3n) is 4.10. The van der Waals surface area contributed by atoms with E-state index >= 15 is 0 Å². The SMILES string of the molecule is Cc1cccc2c1[C@H]1C=C[C@@H]2C1(C)C. The van der Waals surface area contributed by atoms with Gasteiger partial charge in [0, 0.05) is 11.8 Å². The Kier molecular flexibility index (Phi) is 1.36. The second-order valence-corrected chi connectivity index (χ2v) is 5.24. The molecule has 0 fully saturated rings. The molecule has 2 aliphatic carbocycles. The second-order valence-electron chi connectivity index (χ2n) is 5.24. The zero-order chi connectivity index (χ0) is 9.92. The van der Waals surface area contributed by atoms with E-state index in [1.54, 1.807) is 11.1 Å². The fourth-order valence-electron chi connectivity index (χ4n) is 3.28. The number of benzene rings is 1. The maximum atomic E-state index is 2.40. The van der Waals surface area contributed by atoms with E-state index in [2.05, 4.69) is 51.1 Å². The lowest BCUT2D eigenvalue weighted by atomic mass is 9.79. The fourth-order valence-corrected chi connectivity index (χ4v) is 3.28. The van der Waals surface area contributed by atoms with Crippen molar-refractivity contribution < 1.29 is 0 Å². The van der Waals surface area contributed by atoms with Crippen LogP contribution in [0, 0.1) is 12.3 Å². The largest absolute Gasteiger partial charge is 0.0798 e. The highest BCUT2D eigenvalue weighted by molar-refractivity contribution is 5.54. The van der Waals surface area contributed by atoms with Crippen molar-refractivity contribution in [3.8, 4) is 0 Å². The van der Waals surface area contributed by atoms with Gasteiger partial charge in [0.15, 0.2) is 0 Å². The normalized spacial score (nSPS) is 30.8. The molecule has 0 radical (unpaired) electrons. The number of aryl methyl sites for hydroxylation is 1. The molecule has 2 bridgehead atoms. The van der Waals surface area contributed by atoms with Crippen molar-refractivity contribution in [1.82, 2.24) is 0 Å². The average molecular weight is 184 g/mol. The molecule has 0 N–H and O–H groups in total. The van der Waals surface area contributed by atoms with Gasteiger partial charge in [-0.05, 0) is 29.0 Å². The van der Waals surface area contributed by atoms with Crippen LogP contribution in [0.1, 0.15) is 42.4 Å². The first-order valence-electron chi connectivity index (χ1n) is 5.40. The molecular formula is C14H16. The van der Waals surface area contributed by atoms with E-state index in [9.17, 15) is 0 Å². The Labute approximate surface area is 85.6 Å². The number of fused-ring (bicyclic) bond motifs is 5. The van der Waals surface area contributed by atoms with E-state index < -0.39 is 0 Å². The Morgan fingerprint density at radius 1 is 1.07 bits per heavy atom. The van der Waals surface area contributed by atoms with Gasteiger partial charge in [-0.15, -0.1) is 0 Å². The van der Waals surface area contributed by atoms with Gasteiger partial charge in [0.05, 0.1) is 0 Å². The highest BCUT2D eigenvalue weighted by Gasteiger charge is 2.48. The Bertz CT molecular complexity index is 424. The Balaban J connectivity index is 2.29. The van der Waals surface area contributed by atoms with Crippen molar-refractivity contribution in [1.29, 1.82) is 0 Å². The number of hydrogen-bond acceptors (Lipinski definition) is 0. The van der Waals surface area contributed by atoms with Crippen LogP contribution >= 0.6 is 0 Å². The molecule has 0 unspecified atom stereocenters. The molecule has 1 aromatic rings. The molecule has 2 aliphatic rings. The van der Waals surface area contributed by atoms with Gasteiger partial charge in [0.1, 0.15) is 0 Å². The molecule has 0 heteroatoms. The molecule has 0 spiro atoms. The summed E-state index contributed by atoms with van der Waals surface area (Å²) >= 11 is 0. The molecule has 0 aromatic heterocycles. The van der Waals surface area contributed by atoms with Crippen LogP contribution < -0.4 is 0 Å². The lowest BCUT2D eigenvalue weighted by Crippen LogP contribution is -2.15. The zero-order valence-electron chi connectivity index (χ0n) is 9.04. The maximum absolute atomic E-state index is 2.40. The number of allylic oxidation sites excluding steroid dienone is 2. The van der Waals surface area contributed by atoms with Gasteiger partial charge in [-0.2, -0.15) is 0 Å². The van der Waals surface area contributed by atoms with E-state index in [0.29, 0.717) is 17.3 Å². The molecular weight excluding hydrogens is 168 g/mol. The minimum absolute atomic E-state index is 0.411. The molecule has 72 valence electrons. The molecule has 0 heterocycles. The Morgan fingerprint density at radius 2 is 1.79 bits per heavy atom. The first kappa shape index (κ1) is 8.28. The highest BCUT2D eigenvalue weighted by atomic mass is 14.5. The van der Waals surface area contributed by atoms with Crippen molar-refractivity contribution in [2.24, 2.45) is 5.41 Å². The summed E-state index contributed by atoms with van der Waals surface area (Å²) in [6, 6.07) is 6.74. The summed E-state index contributed by atoms with van der Waals surface area (Å²) < 4.78 is 0. The summed E-state index contributed by atoms with van der Waals surface area (Å²) in [4.78, 5) is 0. The van der Waals surface area contributed by atoms with Gasteiger partial charge < -0.3 is 0 Å². The molecule has 0 aliphatic heterocycles. The third kappa shape index (κ3) is 0.755. The lowest BCUT2D eigenvalue weighted by molar-refractivity contribution is 0.343. The predicted molar refractivity (Wildman–Crippen MR) is 59.6 cm³/mol. The highest BCUT2D eigenvalue weighted by Crippen LogP contribution is 2.61. The molecule has 14 heavy (non-hydrogen) atoms. The number of hydrogen-bond donors (Lipinski definition) is 0. The topological polar surface area (TPSA) is 0 Å². The molecule has 1 aromatic carbocycles. The van der Waals surface area contributed by atoms with Crippen LogP contribution in [0.25, 0.3) is 0 Å². The summed E-state index contributed by atoms with van der Waals surface area (Å²) in [7, 11) is 0. The summed E-state index contributed by atoms with van der Waals surface area (Å²) in [6.07, 6.45) is 4.80. The molecule has 2 atom stereocenters. The van der Waals surface area contributed by atoms with Gasteiger partial charge in [-0.3, -0.25) is 0 Å². The van der Waals surface area contributed by atoms with Crippen LogP contribution in [0.3, 0.4) is 0 Å². The summed E-state index contributed by atoms with van der Waals surface area (Å²) in [5, 5.41) is 0. The molecule has 0 amide bonds. The van der Waals surface area contributed by atoms with Crippen molar-refractivity contribution in [2.75, 3.05) is 0 Å². The summed E-state index contributed by atoms with van der Waals surface area (Å²) in [5.74, 6) is 1.31. The van der Waals surface area contributed by atoms with E-state index in [0.717, 1.165) is 0 Å².